The molecule has 1 amide bonds. The minimum absolute atomic E-state index is 0.106. The highest BCUT2D eigenvalue weighted by atomic mass is 32.2. The standard InChI is InChI=1S/C20H23FN2O3S/c1-13(2)23(3)27(25,26)15-10-8-14(9-11-15)22-20(24)18-12-17(18)16-6-4-5-7-19(16)21/h4-11,13,17-18H,12H2,1-3H3,(H,22,24). The van der Waals surface area contributed by atoms with Crippen molar-refractivity contribution in [3.8, 4) is 0 Å². The summed E-state index contributed by atoms with van der Waals surface area (Å²) in [5.41, 5.74) is 1.08. The van der Waals surface area contributed by atoms with Crippen molar-refractivity contribution in [1.82, 2.24) is 4.31 Å². The number of halogens is 1. The Hall–Kier alpha value is -2.25. The molecule has 0 radical (unpaired) electrons. The summed E-state index contributed by atoms with van der Waals surface area (Å²) in [5, 5.41) is 2.78. The van der Waals surface area contributed by atoms with Crippen LogP contribution in [0.25, 0.3) is 0 Å². The van der Waals surface area contributed by atoms with Crippen LogP contribution in [0.4, 0.5) is 10.1 Å². The Kier molecular flexibility index (Phi) is 5.35. The molecule has 2 aromatic carbocycles. The topological polar surface area (TPSA) is 66.5 Å². The van der Waals surface area contributed by atoms with Gasteiger partial charge in [0.2, 0.25) is 15.9 Å². The van der Waals surface area contributed by atoms with Gasteiger partial charge in [-0.1, -0.05) is 18.2 Å². The van der Waals surface area contributed by atoms with Gasteiger partial charge in [0.15, 0.2) is 0 Å². The molecular weight excluding hydrogens is 367 g/mol. The van der Waals surface area contributed by atoms with Crippen molar-refractivity contribution in [2.75, 3.05) is 12.4 Å². The van der Waals surface area contributed by atoms with E-state index in [4.69, 9.17) is 0 Å². The molecule has 0 bridgehead atoms. The van der Waals surface area contributed by atoms with Gasteiger partial charge in [0.1, 0.15) is 5.82 Å². The van der Waals surface area contributed by atoms with Crippen molar-refractivity contribution in [1.29, 1.82) is 0 Å². The molecule has 2 unspecified atom stereocenters. The molecular formula is C20H23FN2O3S. The van der Waals surface area contributed by atoms with Crippen LogP contribution in [-0.2, 0) is 14.8 Å². The first-order valence-corrected chi connectivity index (χ1v) is 10.3. The number of hydrogen-bond donors (Lipinski definition) is 1. The second-order valence-electron chi connectivity index (χ2n) is 7.10. The van der Waals surface area contributed by atoms with Gasteiger partial charge in [-0.2, -0.15) is 4.31 Å². The Bertz CT molecular complexity index is 942. The molecule has 7 heteroatoms. The average Bonchev–Trinajstić information content (AvgIpc) is 3.42. The lowest BCUT2D eigenvalue weighted by Gasteiger charge is -2.21. The Labute approximate surface area is 159 Å². The van der Waals surface area contributed by atoms with Crippen molar-refractivity contribution in [3.63, 3.8) is 0 Å². The summed E-state index contributed by atoms with van der Waals surface area (Å²) in [6.07, 6.45) is 0.610. The van der Waals surface area contributed by atoms with E-state index >= 15 is 0 Å². The second kappa shape index (κ2) is 7.40. The van der Waals surface area contributed by atoms with Crippen molar-refractivity contribution in [2.24, 2.45) is 5.92 Å². The van der Waals surface area contributed by atoms with Crippen molar-refractivity contribution in [3.05, 3.63) is 59.9 Å². The summed E-state index contributed by atoms with van der Waals surface area (Å²) < 4.78 is 40.0. The summed E-state index contributed by atoms with van der Waals surface area (Å²) in [4.78, 5) is 12.6. The first-order chi connectivity index (χ1) is 12.7. The third kappa shape index (κ3) is 4.04. The Morgan fingerprint density at radius 1 is 1.15 bits per heavy atom. The molecule has 1 fully saturated rings. The van der Waals surface area contributed by atoms with Crippen LogP contribution in [0.5, 0.6) is 0 Å². The number of anilines is 1. The molecule has 0 aliphatic heterocycles. The van der Waals surface area contributed by atoms with E-state index in [0.717, 1.165) is 0 Å². The molecule has 0 heterocycles. The van der Waals surface area contributed by atoms with Gasteiger partial charge in [0, 0.05) is 24.7 Å². The Morgan fingerprint density at radius 2 is 1.78 bits per heavy atom. The molecule has 1 aliphatic carbocycles. The lowest BCUT2D eigenvalue weighted by molar-refractivity contribution is -0.117. The molecule has 3 rings (SSSR count). The fourth-order valence-electron chi connectivity index (χ4n) is 2.99. The van der Waals surface area contributed by atoms with E-state index in [2.05, 4.69) is 5.32 Å². The van der Waals surface area contributed by atoms with E-state index in [0.29, 0.717) is 17.7 Å². The highest BCUT2D eigenvalue weighted by Gasteiger charge is 2.45. The zero-order valence-corrected chi connectivity index (χ0v) is 16.3. The minimum Gasteiger partial charge on any atom is -0.326 e. The van der Waals surface area contributed by atoms with Gasteiger partial charge in [-0.25, -0.2) is 12.8 Å². The number of benzene rings is 2. The van der Waals surface area contributed by atoms with Gasteiger partial charge in [-0.05, 0) is 62.1 Å². The maximum Gasteiger partial charge on any atom is 0.243 e. The monoisotopic (exact) mass is 390 g/mol. The van der Waals surface area contributed by atoms with Gasteiger partial charge in [0.05, 0.1) is 4.90 Å². The fourth-order valence-corrected chi connectivity index (χ4v) is 4.36. The van der Waals surface area contributed by atoms with Crippen molar-refractivity contribution < 1.29 is 17.6 Å². The van der Waals surface area contributed by atoms with E-state index in [1.54, 1.807) is 44.2 Å². The van der Waals surface area contributed by atoms with Gasteiger partial charge < -0.3 is 5.32 Å². The molecule has 1 N–H and O–H groups in total. The Balaban J connectivity index is 1.66. The second-order valence-corrected chi connectivity index (χ2v) is 9.10. The van der Waals surface area contributed by atoms with Crippen molar-refractivity contribution >= 4 is 21.6 Å². The van der Waals surface area contributed by atoms with E-state index in [-0.39, 0.29) is 34.5 Å². The molecule has 2 aromatic rings. The van der Waals surface area contributed by atoms with Crippen LogP contribution in [0, 0.1) is 11.7 Å². The molecule has 1 saturated carbocycles. The summed E-state index contributed by atoms with van der Waals surface area (Å²) in [5.74, 6) is -0.845. The van der Waals surface area contributed by atoms with Gasteiger partial charge in [-0.15, -0.1) is 0 Å². The number of amides is 1. The SMILES string of the molecule is CC(C)N(C)S(=O)(=O)c1ccc(NC(=O)C2CC2c2ccccc2F)cc1. The molecule has 0 spiro atoms. The zero-order chi connectivity index (χ0) is 19.8. The predicted molar refractivity (Wildman–Crippen MR) is 102 cm³/mol. The van der Waals surface area contributed by atoms with E-state index in [1.807, 2.05) is 0 Å². The summed E-state index contributed by atoms with van der Waals surface area (Å²) >= 11 is 0. The largest absolute Gasteiger partial charge is 0.326 e. The quantitative estimate of drug-likeness (QED) is 0.820. The third-order valence-corrected chi connectivity index (χ3v) is 7.01. The zero-order valence-electron chi connectivity index (χ0n) is 15.5. The summed E-state index contributed by atoms with van der Waals surface area (Å²) in [6.45, 7) is 3.60. The highest BCUT2D eigenvalue weighted by molar-refractivity contribution is 7.89. The maximum atomic E-state index is 13.8. The smallest absolute Gasteiger partial charge is 0.243 e. The lowest BCUT2D eigenvalue weighted by atomic mass is 10.1. The van der Waals surface area contributed by atoms with Crippen LogP contribution in [0.3, 0.4) is 0 Å². The lowest BCUT2D eigenvalue weighted by Crippen LogP contribution is -2.33. The maximum absolute atomic E-state index is 13.8. The first kappa shape index (κ1) is 19.5. The number of rotatable bonds is 6. The average molecular weight is 390 g/mol. The van der Waals surface area contributed by atoms with Crippen LogP contribution in [0.2, 0.25) is 0 Å². The van der Waals surface area contributed by atoms with Crippen LogP contribution in [-0.4, -0.2) is 31.7 Å². The van der Waals surface area contributed by atoms with E-state index in [9.17, 15) is 17.6 Å². The normalized spacial score (nSPS) is 19.3. The number of carbonyl (C=O) groups is 1. The van der Waals surface area contributed by atoms with Crippen molar-refractivity contribution in [2.45, 2.75) is 37.1 Å². The number of carbonyl (C=O) groups excluding carboxylic acids is 1. The summed E-state index contributed by atoms with van der Waals surface area (Å²) in [7, 11) is -2.02. The third-order valence-electron chi connectivity index (χ3n) is 4.96. The highest BCUT2D eigenvalue weighted by Crippen LogP contribution is 2.48. The molecule has 2 atom stereocenters. The number of nitrogens with zero attached hydrogens (tertiary/aromatic N) is 1. The molecule has 1 aliphatic rings. The van der Waals surface area contributed by atoms with Crippen LogP contribution in [0.1, 0.15) is 31.7 Å². The van der Waals surface area contributed by atoms with E-state index in [1.165, 1.54) is 29.6 Å². The van der Waals surface area contributed by atoms with E-state index < -0.39 is 10.0 Å². The Morgan fingerprint density at radius 3 is 2.37 bits per heavy atom. The van der Waals surface area contributed by atoms with Gasteiger partial charge in [0.25, 0.3) is 0 Å². The molecule has 5 nitrogen and oxygen atoms in total. The minimum atomic E-state index is -3.56. The molecule has 144 valence electrons. The predicted octanol–water partition coefficient (Wildman–Crippen LogP) is 3.60. The van der Waals surface area contributed by atoms with Gasteiger partial charge >= 0.3 is 0 Å². The van der Waals surface area contributed by atoms with Crippen LogP contribution in [0.15, 0.2) is 53.4 Å². The first-order valence-electron chi connectivity index (χ1n) is 8.85. The summed E-state index contributed by atoms with van der Waals surface area (Å²) in [6, 6.07) is 12.4. The number of nitrogens with one attached hydrogen (secondary N) is 1. The van der Waals surface area contributed by atoms with Crippen LogP contribution < -0.4 is 5.32 Å². The number of hydrogen-bond acceptors (Lipinski definition) is 3. The molecule has 0 aromatic heterocycles. The number of sulfonamides is 1. The van der Waals surface area contributed by atoms with Gasteiger partial charge in [-0.3, -0.25) is 4.79 Å². The van der Waals surface area contributed by atoms with Crippen LogP contribution >= 0.6 is 0 Å². The molecule has 0 saturated heterocycles. The fraction of sp³-hybridized carbons (Fsp3) is 0.350. The molecule has 27 heavy (non-hydrogen) atoms.